The number of hydrogen-bond acceptors (Lipinski definition) is 4. The molecule has 0 aliphatic rings. The normalized spacial score (nSPS) is 12.3. The molecule has 26 heavy (non-hydrogen) atoms. The van der Waals surface area contributed by atoms with Gasteiger partial charge in [-0.2, -0.15) is 0 Å². The van der Waals surface area contributed by atoms with Crippen LogP contribution in [0.5, 0.6) is 0 Å². The van der Waals surface area contributed by atoms with Crippen molar-refractivity contribution in [3.8, 4) is 0 Å². The second-order valence-corrected chi connectivity index (χ2v) is 6.69. The van der Waals surface area contributed by atoms with Gasteiger partial charge in [-0.15, -0.1) is 0 Å². The molecule has 1 amide bonds. The monoisotopic (exact) mass is 361 g/mol. The lowest BCUT2D eigenvalue weighted by molar-refractivity contribution is -0.145. The molecule has 0 fully saturated rings. The number of amides is 1. The first-order chi connectivity index (χ1) is 12.4. The molecule has 0 bridgehead atoms. The van der Waals surface area contributed by atoms with E-state index in [0.29, 0.717) is 13.0 Å². The smallest absolute Gasteiger partial charge is 0.329 e. The van der Waals surface area contributed by atoms with Gasteiger partial charge >= 0.3 is 11.7 Å². The van der Waals surface area contributed by atoms with Gasteiger partial charge < -0.3 is 10.1 Å². The summed E-state index contributed by atoms with van der Waals surface area (Å²) in [6.07, 6.45) is 0.622. The number of benzene rings is 1. The first-order valence-electron chi connectivity index (χ1n) is 8.94. The third-order valence-electron chi connectivity index (χ3n) is 4.33. The van der Waals surface area contributed by atoms with E-state index in [4.69, 9.17) is 4.74 Å². The average Bonchev–Trinajstić information content (AvgIpc) is 2.89. The summed E-state index contributed by atoms with van der Waals surface area (Å²) in [7, 11) is 1.31. The Balaban J connectivity index is 2.12. The fraction of sp³-hybridized carbons (Fsp3) is 0.526. The van der Waals surface area contributed by atoms with Crippen LogP contribution in [0.25, 0.3) is 11.0 Å². The van der Waals surface area contributed by atoms with Crippen molar-refractivity contribution >= 4 is 22.9 Å². The summed E-state index contributed by atoms with van der Waals surface area (Å²) in [4.78, 5) is 36.7. The Morgan fingerprint density at radius 3 is 2.31 bits per heavy atom. The highest BCUT2D eigenvalue weighted by Crippen LogP contribution is 2.13. The van der Waals surface area contributed by atoms with Gasteiger partial charge in [0.25, 0.3) is 0 Å². The van der Waals surface area contributed by atoms with Crippen LogP contribution in [0.3, 0.4) is 0 Å². The van der Waals surface area contributed by atoms with E-state index < -0.39 is 12.0 Å². The van der Waals surface area contributed by atoms with Crippen molar-refractivity contribution in [3.63, 3.8) is 0 Å². The molecule has 1 N–H and O–H groups in total. The molecule has 2 rings (SSSR count). The topological polar surface area (TPSA) is 82.3 Å². The van der Waals surface area contributed by atoms with Crippen LogP contribution < -0.4 is 11.0 Å². The lowest BCUT2D eigenvalue weighted by Crippen LogP contribution is -2.42. The molecule has 1 atom stereocenters. The third kappa shape index (κ3) is 4.33. The number of esters is 1. The predicted octanol–water partition coefficient (Wildman–Crippen LogP) is 1.92. The number of fused-ring (bicyclic) bond motifs is 1. The Morgan fingerprint density at radius 2 is 1.77 bits per heavy atom. The molecular weight excluding hydrogens is 334 g/mol. The molecule has 7 nitrogen and oxygen atoms in total. The zero-order chi connectivity index (χ0) is 19.3. The van der Waals surface area contributed by atoms with Crippen molar-refractivity contribution in [2.24, 2.45) is 5.92 Å². The summed E-state index contributed by atoms with van der Waals surface area (Å²) in [5.74, 6) is -0.488. The molecule has 1 aromatic heterocycles. The van der Waals surface area contributed by atoms with E-state index >= 15 is 0 Å². The van der Waals surface area contributed by atoms with E-state index in [1.807, 2.05) is 45.0 Å². The largest absolute Gasteiger partial charge is 0.467 e. The molecule has 0 radical (unpaired) electrons. The SMILES string of the molecule is CCn1c(=O)n(CCC(=O)N[C@H](CC(C)C)C(=O)OC)c2ccccc21. The zero-order valence-corrected chi connectivity index (χ0v) is 15.8. The molecule has 1 aromatic carbocycles. The second-order valence-electron chi connectivity index (χ2n) is 6.69. The van der Waals surface area contributed by atoms with E-state index in [1.54, 1.807) is 9.13 Å². The van der Waals surface area contributed by atoms with Gasteiger partial charge in [-0.3, -0.25) is 13.9 Å². The zero-order valence-electron chi connectivity index (χ0n) is 15.8. The molecule has 0 saturated heterocycles. The molecule has 0 unspecified atom stereocenters. The Bertz CT molecular complexity index is 835. The molecule has 0 saturated carbocycles. The Labute approximate surface area is 152 Å². The highest BCUT2D eigenvalue weighted by Gasteiger charge is 2.22. The maximum atomic E-state index is 12.6. The number of aromatic nitrogens is 2. The van der Waals surface area contributed by atoms with Gasteiger partial charge in [0.05, 0.1) is 18.1 Å². The number of carbonyl (C=O) groups is 2. The highest BCUT2D eigenvalue weighted by atomic mass is 16.5. The first kappa shape index (κ1) is 19.8. The van der Waals surface area contributed by atoms with Gasteiger partial charge in [-0.1, -0.05) is 26.0 Å². The summed E-state index contributed by atoms with van der Waals surface area (Å²) in [5, 5.41) is 2.72. The summed E-state index contributed by atoms with van der Waals surface area (Å²) >= 11 is 0. The lowest BCUT2D eigenvalue weighted by Gasteiger charge is -2.18. The van der Waals surface area contributed by atoms with Crippen LogP contribution >= 0.6 is 0 Å². The van der Waals surface area contributed by atoms with Crippen molar-refractivity contribution in [1.29, 1.82) is 0 Å². The van der Waals surface area contributed by atoms with E-state index in [2.05, 4.69) is 5.32 Å². The Kier molecular flexibility index (Phi) is 6.60. The molecular formula is C19H27N3O4. The van der Waals surface area contributed by atoms with Crippen LogP contribution in [0.1, 0.15) is 33.6 Å². The number of nitrogens with one attached hydrogen (secondary N) is 1. The maximum absolute atomic E-state index is 12.6. The number of carbonyl (C=O) groups excluding carboxylic acids is 2. The minimum absolute atomic E-state index is 0.114. The first-order valence-corrected chi connectivity index (χ1v) is 8.94. The van der Waals surface area contributed by atoms with Gasteiger partial charge in [0, 0.05) is 19.5 Å². The summed E-state index contributed by atoms with van der Waals surface area (Å²) in [5.41, 5.74) is 1.53. The van der Waals surface area contributed by atoms with Crippen LogP contribution in [0.15, 0.2) is 29.1 Å². The minimum Gasteiger partial charge on any atom is -0.467 e. The number of ether oxygens (including phenoxy) is 1. The summed E-state index contributed by atoms with van der Waals surface area (Å²) < 4.78 is 8.05. The predicted molar refractivity (Wildman–Crippen MR) is 99.9 cm³/mol. The van der Waals surface area contributed by atoms with E-state index in [-0.39, 0.29) is 30.5 Å². The van der Waals surface area contributed by atoms with Crippen LogP contribution in [-0.4, -0.2) is 34.2 Å². The Hall–Kier alpha value is -2.57. The van der Waals surface area contributed by atoms with Gasteiger partial charge in [0.2, 0.25) is 5.91 Å². The van der Waals surface area contributed by atoms with Crippen LogP contribution in [0.2, 0.25) is 0 Å². The van der Waals surface area contributed by atoms with E-state index in [9.17, 15) is 14.4 Å². The van der Waals surface area contributed by atoms with Crippen LogP contribution in [0, 0.1) is 5.92 Å². The maximum Gasteiger partial charge on any atom is 0.329 e. The number of imidazole rings is 1. The minimum atomic E-state index is -0.666. The average molecular weight is 361 g/mol. The quantitative estimate of drug-likeness (QED) is 0.728. The van der Waals surface area contributed by atoms with Crippen molar-refractivity contribution in [3.05, 3.63) is 34.7 Å². The van der Waals surface area contributed by atoms with Gasteiger partial charge in [0.15, 0.2) is 0 Å². The van der Waals surface area contributed by atoms with Crippen molar-refractivity contribution < 1.29 is 14.3 Å². The number of aryl methyl sites for hydroxylation is 2. The molecule has 2 aromatic rings. The molecule has 0 aliphatic carbocycles. The van der Waals surface area contributed by atoms with Crippen LogP contribution in [0.4, 0.5) is 0 Å². The molecule has 0 spiro atoms. The van der Waals surface area contributed by atoms with Crippen molar-refractivity contribution in [1.82, 2.24) is 14.5 Å². The fourth-order valence-corrected chi connectivity index (χ4v) is 3.10. The van der Waals surface area contributed by atoms with Crippen molar-refractivity contribution in [2.45, 2.75) is 52.7 Å². The Morgan fingerprint density at radius 1 is 1.15 bits per heavy atom. The van der Waals surface area contributed by atoms with Crippen molar-refractivity contribution in [2.75, 3.05) is 7.11 Å². The van der Waals surface area contributed by atoms with E-state index in [1.165, 1.54) is 7.11 Å². The van der Waals surface area contributed by atoms with E-state index in [0.717, 1.165) is 11.0 Å². The van der Waals surface area contributed by atoms with Gasteiger partial charge in [-0.25, -0.2) is 9.59 Å². The highest BCUT2D eigenvalue weighted by molar-refractivity contribution is 5.84. The van der Waals surface area contributed by atoms with Gasteiger partial charge in [0.1, 0.15) is 6.04 Å². The number of nitrogens with zero attached hydrogens (tertiary/aromatic N) is 2. The number of methoxy groups -OCH3 is 1. The molecule has 1 heterocycles. The summed E-state index contributed by atoms with van der Waals surface area (Å²) in [6.45, 7) is 6.69. The lowest BCUT2D eigenvalue weighted by atomic mass is 10.0. The number of rotatable bonds is 8. The molecule has 0 aliphatic heterocycles. The standard InChI is InChI=1S/C19H27N3O4/c1-5-21-15-8-6-7-9-16(15)22(19(21)25)11-10-17(23)20-14(12-13(2)3)18(24)26-4/h6-9,13-14H,5,10-12H2,1-4H3,(H,20,23)/t14-/m1/s1. The summed E-state index contributed by atoms with van der Waals surface area (Å²) in [6, 6.07) is 6.86. The molecule has 7 heteroatoms. The second kappa shape index (κ2) is 8.69. The molecule has 142 valence electrons. The van der Waals surface area contributed by atoms with Crippen LogP contribution in [-0.2, 0) is 27.4 Å². The van der Waals surface area contributed by atoms with Gasteiger partial charge in [-0.05, 0) is 31.4 Å². The fourth-order valence-electron chi connectivity index (χ4n) is 3.10. The third-order valence-corrected chi connectivity index (χ3v) is 4.33. The number of hydrogen-bond donors (Lipinski definition) is 1. The number of para-hydroxylation sites is 2.